The molecule has 0 saturated heterocycles. The Hall–Kier alpha value is -3.65. The number of anilines is 1. The number of thioether (sulfide) groups is 1. The van der Waals surface area contributed by atoms with E-state index < -0.39 is 0 Å². The summed E-state index contributed by atoms with van der Waals surface area (Å²) < 4.78 is 6.89. The largest absolute Gasteiger partial charge is 0.497 e. The van der Waals surface area contributed by atoms with Crippen LogP contribution in [0.2, 0.25) is 0 Å². The Bertz CT molecular complexity index is 1180. The molecule has 3 aromatic carbocycles. The lowest BCUT2D eigenvalue weighted by Crippen LogP contribution is -2.23. The zero-order valence-corrected chi connectivity index (χ0v) is 18.6. The van der Waals surface area contributed by atoms with Crippen molar-refractivity contribution < 1.29 is 9.53 Å². The Morgan fingerprint density at radius 1 is 1.03 bits per heavy atom. The van der Waals surface area contributed by atoms with Crippen molar-refractivity contribution in [2.75, 3.05) is 12.4 Å². The Morgan fingerprint density at radius 3 is 2.50 bits per heavy atom. The second kappa shape index (κ2) is 10.1. The Balaban J connectivity index is 1.44. The lowest BCUT2D eigenvalue weighted by atomic mass is 10.0. The van der Waals surface area contributed by atoms with Crippen molar-refractivity contribution >= 4 is 23.4 Å². The van der Waals surface area contributed by atoms with Gasteiger partial charge in [0.05, 0.1) is 18.9 Å². The summed E-state index contributed by atoms with van der Waals surface area (Å²) in [7, 11) is 1.63. The van der Waals surface area contributed by atoms with E-state index in [2.05, 4.69) is 20.8 Å². The maximum Gasteiger partial charge on any atom is 0.237 e. The summed E-state index contributed by atoms with van der Waals surface area (Å²) in [6.45, 7) is 2.35. The molecule has 0 bridgehead atoms. The number of nitrogens with zero attached hydrogens (tertiary/aromatic N) is 4. The number of nitrogens with one attached hydrogen (secondary N) is 1. The van der Waals surface area contributed by atoms with E-state index in [-0.39, 0.29) is 11.2 Å². The number of carbonyl (C=O) groups excluding carboxylic acids is 1. The van der Waals surface area contributed by atoms with Crippen LogP contribution in [0.3, 0.4) is 0 Å². The summed E-state index contributed by atoms with van der Waals surface area (Å²) in [5.74, 6) is 0.679. The van der Waals surface area contributed by atoms with Crippen molar-refractivity contribution in [3.05, 3.63) is 84.4 Å². The molecule has 162 valence electrons. The molecule has 0 fully saturated rings. The smallest absolute Gasteiger partial charge is 0.237 e. The van der Waals surface area contributed by atoms with Crippen LogP contribution >= 0.6 is 11.8 Å². The lowest BCUT2D eigenvalue weighted by molar-refractivity contribution is -0.115. The van der Waals surface area contributed by atoms with Gasteiger partial charge in [-0.05, 0) is 46.7 Å². The molecule has 0 unspecified atom stereocenters. The highest BCUT2D eigenvalue weighted by Gasteiger charge is 2.20. The number of para-hydroxylation sites is 1. The molecular formula is C24H23N5O2S. The molecule has 1 aromatic heterocycles. The van der Waals surface area contributed by atoms with E-state index in [0.29, 0.717) is 11.7 Å². The Morgan fingerprint density at radius 2 is 1.75 bits per heavy atom. The first kappa shape index (κ1) is 21.6. The van der Waals surface area contributed by atoms with Gasteiger partial charge in [-0.25, -0.2) is 4.68 Å². The van der Waals surface area contributed by atoms with Gasteiger partial charge in [0.25, 0.3) is 0 Å². The van der Waals surface area contributed by atoms with Crippen LogP contribution in [-0.2, 0) is 11.3 Å². The number of carbonyl (C=O) groups is 1. The van der Waals surface area contributed by atoms with Gasteiger partial charge in [-0.15, -0.1) is 5.10 Å². The molecule has 7 nitrogen and oxygen atoms in total. The lowest BCUT2D eigenvalue weighted by Gasteiger charge is -2.15. The highest BCUT2D eigenvalue weighted by Crippen LogP contribution is 2.29. The van der Waals surface area contributed by atoms with Crippen molar-refractivity contribution in [2.45, 2.75) is 23.9 Å². The monoisotopic (exact) mass is 445 g/mol. The van der Waals surface area contributed by atoms with Crippen molar-refractivity contribution in [3.63, 3.8) is 0 Å². The third-order valence-electron chi connectivity index (χ3n) is 4.91. The molecule has 32 heavy (non-hydrogen) atoms. The summed E-state index contributed by atoms with van der Waals surface area (Å²) >= 11 is 1.32. The van der Waals surface area contributed by atoms with Gasteiger partial charge in [0.2, 0.25) is 11.1 Å². The van der Waals surface area contributed by atoms with Gasteiger partial charge < -0.3 is 10.1 Å². The van der Waals surface area contributed by atoms with E-state index >= 15 is 0 Å². The number of rotatable bonds is 8. The van der Waals surface area contributed by atoms with Crippen LogP contribution in [0.4, 0.5) is 5.69 Å². The Labute approximate surface area is 190 Å². The third kappa shape index (κ3) is 5.15. The van der Waals surface area contributed by atoms with Gasteiger partial charge in [-0.3, -0.25) is 4.79 Å². The zero-order valence-electron chi connectivity index (χ0n) is 17.8. The summed E-state index contributed by atoms with van der Waals surface area (Å²) in [6.07, 6.45) is 0. The van der Waals surface area contributed by atoms with E-state index in [9.17, 15) is 4.79 Å². The molecule has 4 rings (SSSR count). The minimum Gasteiger partial charge on any atom is -0.497 e. The molecule has 8 heteroatoms. The summed E-state index contributed by atoms with van der Waals surface area (Å²) in [4.78, 5) is 12.9. The second-order valence-electron chi connectivity index (χ2n) is 7.13. The van der Waals surface area contributed by atoms with Crippen LogP contribution in [0.25, 0.3) is 11.1 Å². The maximum absolute atomic E-state index is 12.9. The van der Waals surface area contributed by atoms with Gasteiger partial charge in [-0.2, -0.15) is 0 Å². The molecule has 1 N–H and O–H groups in total. The molecule has 0 saturated carbocycles. The first-order chi connectivity index (χ1) is 15.6. The third-order valence-corrected chi connectivity index (χ3v) is 5.98. The first-order valence-corrected chi connectivity index (χ1v) is 11.0. The predicted octanol–water partition coefficient (Wildman–Crippen LogP) is 4.52. The summed E-state index contributed by atoms with van der Waals surface area (Å²) in [6, 6.07) is 25.5. The summed E-state index contributed by atoms with van der Waals surface area (Å²) in [5, 5.41) is 15.2. The normalized spacial score (nSPS) is 11.7. The van der Waals surface area contributed by atoms with Crippen LogP contribution in [0, 0.1) is 0 Å². The van der Waals surface area contributed by atoms with Crippen LogP contribution in [0.5, 0.6) is 5.75 Å². The standard InChI is InChI=1S/C24H23N5O2S/c1-17(23(30)25-22-11-7-6-10-21(22)19-8-4-3-5-9-19)32-24-26-27-28-29(24)16-18-12-14-20(31-2)15-13-18/h3-15,17H,16H2,1-2H3,(H,25,30)/t17-/m1/s1. The Kier molecular flexibility index (Phi) is 6.81. The van der Waals surface area contributed by atoms with E-state index in [1.54, 1.807) is 11.8 Å². The molecule has 0 aliphatic rings. The molecule has 1 heterocycles. The second-order valence-corrected chi connectivity index (χ2v) is 8.44. The van der Waals surface area contributed by atoms with Crippen LogP contribution < -0.4 is 10.1 Å². The fourth-order valence-electron chi connectivity index (χ4n) is 3.19. The summed E-state index contributed by atoms with van der Waals surface area (Å²) in [5.41, 5.74) is 3.83. The number of tetrazole rings is 1. The van der Waals surface area contributed by atoms with E-state index in [1.807, 2.05) is 85.8 Å². The highest BCUT2D eigenvalue weighted by molar-refractivity contribution is 8.00. The molecular weight excluding hydrogens is 422 g/mol. The average molecular weight is 446 g/mol. The zero-order chi connectivity index (χ0) is 22.3. The number of amides is 1. The number of hydrogen-bond donors (Lipinski definition) is 1. The van der Waals surface area contributed by atoms with Crippen LogP contribution in [0.1, 0.15) is 12.5 Å². The predicted molar refractivity (Wildman–Crippen MR) is 126 cm³/mol. The van der Waals surface area contributed by atoms with Crippen LogP contribution in [-0.4, -0.2) is 38.5 Å². The minimum absolute atomic E-state index is 0.114. The molecule has 0 aliphatic heterocycles. The van der Waals surface area contributed by atoms with E-state index in [4.69, 9.17) is 4.74 Å². The van der Waals surface area contributed by atoms with Gasteiger partial charge in [-0.1, -0.05) is 72.4 Å². The molecule has 0 aliphatic carbocycles. The molecule has 0 spiro atoms. The van der Waals surface area contributed by atoms with Crippen LogP contribution in [0.15, 0.2) is 84.0 Å². The fraction of sp³-hybridized carbons (Fsp3) is 0.167. The van der Waals surface area contributed by atoms with Gasteiger partial charge in [0, 0.05) is 11.3 Å². The SMILES string of the molecule is COc1ccc(Cn2nnnc2S[C@H](C)C(=O)Nc2ccccc2-c2ccccc2)cc1. The molecule has 4 aromatic rings. The highest BCUT2D eigenvalue weighted by atomic mass is 32.2. The number of ether oxygens (including phenoxy) is 1. The number of methoxy groups -OCH3 is 1. The van der Waals surface area contributed by atoms with Crippen molar-refractivity contribution in [3.8, 4) is 16.9 Å². The number of benzene rings is 3. The molecule has 0 radical (unpaired) electrons. The van der Waals surface area contributed by atoms with Gasteiger partial charge in [0.15, 0.2) is 0 Å². The quantitative estimate of drug-likeness (QED) is 0.402. The number of hydrogen-bond acceptors (Lipinski definition) is 6. The maximum atomic E-state index is 12.9. The number of aromatic nitrogens is 4. The van der Waals surface area contributed by atoms with Crippen molar-refractivity contribution in [2.24, 2.45) is 0 Å². The topological polar surface area (TPSA) is 81.9 Å². The van der Waals surface area contributed by atoms with Gasteiger partial charge in [0.1, 0.15) is 5.75 Å². The van der Waals surface area contributed by atoms with Gasteiger partial charge >= 0.3 is 0 Å². The van der Waals surface area contributed by atoms with E-state index in [0.717, 1.165) is 28.1 Å². The van der Waals surface area contributed by atoms with Crippen molar-refractivity contribution in [1.82, 2.24) is 20.2 Å². The fourth-order valence-corrected chi connectivity index (χ4v) is 3.98. The minimum atomic E-state index is -0.389. The molecule has 1 atom stereocenters. The average Bonchev–Trinajstić information content (AvgIpc) is 3.26. The molecule has 1 amide bonds. The van der Waals surface area contributed by atoms with Crippen molar-refractivity contribution in [1.29, 1.82) is 0 Å². The van der Waals surface area contributed by atoms with E-state index in [1.165, 1.54) is 11.8 Å². The first-order valence-electron chi connectivity index (χ1n) is 10.1.